The van der Waals surface area contributed by atoms with E-state index < -0.39 is 49.1 Å². The number of aliphatic hydroxyl groups is 4. The second-order valence-corrected chi connectivity index (χ2v) is 7.96. The smallest absolute Gasteiger partial charge is 0.343 e. The highest BCUT2D eigenvalue weighted by Crippen LogP contribution is 2.39. The summed E-state index contributed by atoms with van der Waals surface area (Å²) in [5.74, 6) is -1.29. The van der Waals surface area contributed by atoms with Crippen molar-refractivity contribution in [3.8, 4) is 11.5 Å². The summed E-state index contributed by atoms with van der Waals surface area (Å²) in [5, 5.41) is 40.6. The van der Waals surface area contributed by atoms with E-state index in [0.717, 1.165) is 0 Å². The van der Waals surface area contributed by atoms with Crippen molar-refractivity contribution < 1.29 is 44.2 Å². The molecule has 35 heavy (non-hydrogen) atoms. The molecule has 1 saturated heterocycles. The second-order valence-electron chi connectivity index (χ2n) is 7.96. The van der Waals surface area contributed by atoms with Crippen molar-refractivity contribution in [3.63, 3.8) is 0 Å². The molecule has 3 aromatic rings. The maximum Gasteiger partial charge on any atom is 0.343 e. The molecule has 0 aliphatic carbocycles. The monoisotopic (exact) mass is 480 g/mol. The molecule has 4 rings (SSSR count). The fourth-order valence-electron chi connectivity index (χ4n) is 3.74. The molecule has 9 heteroatoms. The largest absolute Gasteiger partial charge is 0.423 e. The Morgan fingerprint density at radius 3 is 1.89 bits per heavy atom. The molecule has 1 fully saturated rings. The Morgan fingerprint density at radius 1 is 0.743 bits per heavy atom. The quantitative estimate of drug-likeness (QED) is 0.306. The molecule has 182 valence electrons. The molecule has 0 unspecified atom stereocenters. The van der Waals surface area contributed by atoms with E-state index in [-0.39, 0.29) is 22.6 Å². The summed E-state index contributed by atoms with van der Waals surface area (Å²) < 4.78 is 16.6. The van der Waals surface area contributed by atoms with Gasteiger partial charge in [0.2, 0.25) is 0 Å². The third-order valence-electron chi connectivity index (χ3n) is 5.61. The molecule has 1 heterocycles. The molecule has 0 bridgehead atoms. The Hall–Kier alpha value is -3.60. The molecule has 0 aromatic heterocycles. The number of carbonyl (C=O) groups is 2. The topological polar surface area (TPSA) is 143 Å². The summed E-state index contributed by atoms with van der Waals surface area (Å²) in [5.41, 5.74) is 0.651. The molecule has 0 radical (unpaired) electrons. The van der Waals surface area contributed by atoms with Gasteiger partial charge in [0.05, 0.1) is 17.7 Å². The number of ether oxygens (including phenoxy) is 3. The van der Waals surface area contributed by atoms with E-state index in [1.807, 2.05) is 0 Å². The SMILES string of the molecule is O=C(Oc1ccc(OC(=O)c2ccccc2)c([C@@H]2O[C@H](CO)[C@@H](O)[C@H](O)[C@H]2O)c1)c1ccccc1. The molecule has 0 amide bonds. The summed E-state index contributed by atoms with van der Waals surface area (Å²) in [6, 6.07) is 20.6. The summed E-state index contributed by atoms with van der Waals surface area (Å²) >= 11 is 0. The van der Waals surface area contributed by atoms with Gasteiger partial charge >= 0.3 is 11.9 Å². The van der Waals surface area contributed by atoms with Crippen LogP contribution in [0.3, 0.4) is 0 Å². The van der Waals surface area contributed by atoms with Crippen LogP contribution in [-0.2, 0) is 4.74 Å². The van der Waals surface area contributed by atoms with Crippen LogP contribution in [0.1, 0.15) is 32.4 Å². The van der Waals surface area contributed by atoms with Crippen LogP contribution in [0.5, 0.6) is 11.5 Å². The van der Waals surface area contributed by atoms with Gasteiger partial charge in [-0.15, -0.1) is 0 Å². The Morgan fingerprint density at radius 2 is 1.31 bits per heavy atom. The van der Waals surface area contributed by atoms with Crippen molar-refractivity contribution in [1.82, 2.24) is 0 Å². The van der Waals surface area contributed by atoms with Crippen LogP contribution in [-0.4, -0.2) is 63.4 Å². The highest BCUT2D eigenvalue weighted by molar-refractivity contribution is 5.92. The predicted octanol–water partition coefficient (Wildman–Crippen LogP) is 1.64. The number of hydrogen-bond donors (Lipinski definition) is 4. The van der Waals surface area contributed by atoms with E-state index in [4.69, 9.17) is 14.2 Å². The molecule has 3 aromatic carbocycles. The Kier molecular flexibility index (Phi) is 7.54. The lowest BCUT2D eigenvalue weighted by Crippen LogP contribution is -2.55. The lowest BCUT2D eigenvalue weighted by molar-refractivity contribution is -0.232. The zero-order valence-electron chi connectivity index (χ0n) is 18.4. The lowest BCUT2D eigenvalue weighted by Gasteiger charge is -2.40. The molecule has 0 saturated carbocycles. The Bertz CT molecular complexity index is 1160. The maximum atomic E-state index is 12.7. The van der Waals surface area contributed by atoms with Crippen molar-refractivity contribution in [2.45, 2.75) is 30.5 Å². The molecule has 0 spiro atoms. The predicted molar refractivity (Wildman–Crippen MR) is 122 cm³/mol. The standard InChI is InChI=1S/C26H24O9/c27-14-20-21(28)22(29)23(30)24(34-20)18-13-17(33-25(31)15-7-3-1-4-8-15)11-12-19(18)35-26(32)16-9-5-2-6-10-16/h1-13,20-24,27-30H,14H2/t20-,21-,22+,23-,24+/m1/s1. The third kappa shape index (κ3) is 5.40. The fraction of sp³-hybridized carbons (Fsp3) is 0.231. The van der Waals surface area contributed by atoms with Crippen LogP contribution in [0.2, 0.25) is 0 Å². The van der Waals surface area contributed by atoms with Crippen LogP contribution < -0.4 is 9.47 Å². The van der Waals surface area contributed by atoms with Crippen molar-refractivity contribution >= 4 is 11.9 Å². The van der Waals surface area contributed by atoms with Gasteiger partial charge in [-0.3, -0.25) is 0 Å². The Labute approximate surface area is 200 Å². The van der Waals surface area contributed by atoms with E-state index in [2.05, 4.69) is 0 Å². The molecule has 9 nitrogen and oxygen atoms in total. The summed E-state index contributed by atoms with van der Waals surface area (Å²) in [7, 11) is 0. The van der Waals surface area contributed by atoms with E-state index >= 15 is 0 Å². The number of rotatable bonds is 6. The fourth-order valence-corrected chi connectivity index (χ4v) is 3.74. The van der Waals surface area contributed by atoms with Gasteiger partial charge in [-0.1, -0.05) is 36.4 Å². The molecule has 1 aliphatic rings. The highest BCUT2D eigenvalue weighted by Gasteiger charge is 2.45. The number of hydrogen-bond acceptors (Lipinski definition) is 9. The second kappa shape index (κ2) is 10.8. The molecule has 1 aliphatic heterocycles. The first-order valence-corrected chi connectivity index (χ1v) is 10.9. The van der Waals surface area contributed by atoms with E-state index in [9.17, 15) is 30.0 Å². The van der Waals surface area contributed by atoms with Gasteiger partial charge < -0.3 is 34.6 Å². The molecule has 5 atom stereocenters. The van der Waals surface area contributed by atoms with E-state index in [1.165, 1.54) is 18.2 Å². The van der Waals surface area contributed by atoms with Crippen molar-refractivity contribution in [2.75, 3.05) is 6.61 Å². The Balaban J connectivity index is 1.69. The zero-order valence-corrected chi connectivity index (χ0v) is 18.4. The third-order valence-corrected chi connectivity index (χ3v) is 5.61. The van der Waals surface area contributed by atoms with Gasteiger partial charge in [0.1, 0.15) is 42.0 Å². The molecular formula is C26H24O9. The van der Waals surface area contributed by atoms with Gasteiger partial charge in [-0.2, -0.15) is 0 Å². The maximum absolute atomic E-state index is 12.7. The van der Waals surface area contributed by atoms with E-state index in [0.29, 0.717) is 5.56 Å². The van der Waals surface area contributed by atoms with Crippen molar-refractivity contribution in [1.29, 1.82) is 0 Å². The minimum absolute atomic E-state index is 0.0253. The number of carbonyl (C=O) groups excluding carboxylic acids is 2. The minimum Gasteiger partial charge on any atom is -0.423 e. The zero-order chi connectivity index (χ0) is 24.9. The minimum atomic E-state index is -1.65. The van der Waals surface area contributed by atoms with Gasteiger partial charge in [0.25, 0.3) is 0 Å². The summed E-state index contributed by atoms with van der Waals surface area (Å²) in [4.78, 5) is 25.2. The first-order valence-electron chi connectivity index (χ1n) is 10.9. The first kappa shape index (κ1) is 24.5. The molecular weight excluding hydrogens is 456 g/mol. The average Bonchev–Trinajstić information content (AvgIpc) is 2.89. The average molecular weight is 480 g/mol. The number of esters is 2. The van der Waals surface area contributed by atoms with Crippen LogP contribution in [0, 0.1) is 0 Å². The van der Waals surface area contributed by atoms with Crippen LogP contribution in [0.25, 0.3) is 0 Å². The highest BCUT2D eigenvalue weighted by atomic mass is 16.6. The van der Waals surface area contributed by atoms with Gasteiger partial charge in [-0.05, 0) is 42.5 Å². The van der Waals surface area contributed by atoms with Crippen LogP contribution >= 0.6 is 0 Å². The normalized spacial score (nSPS) is 23.9. The van der Waals surface area contributed by atoms with Crippen molar-refractivity contribution in [2.24, 2.45) is 0 Å². The molecule has 4 N–H and O–H groups in total. The lowest BCUT2D eigenvalue weighted by atomic mass is 9.90. The number of aliphatic hydroxyl groups excluding tert-OH is 4. The summed E-state index contributed by atoms with van der Waals surface area (Å²) in [6.07, 6.45) is -7.37. The van der Waals surface area contributed by atoms with E-state index in [1.54, 1.807) is 60.7 Å². The van der Waals surface area contributed by atoms with Crippen molar-refractivity contribution in [3.05, 3.63) is 95.6 Å². The van der Waals surface area contributed by atoms with Gasteiger partial charge in [-0.25, -0.2) is 9.59 Å². The first-order chi connectivity index (χ1) is 16.9. The number of benzene rings is 3. The van der Waals surface area contributed by atoms with Gasteiger partial charge in [0, 0.05) is 5.56 Å². The summed E-state index contributed by atoms with van der Waals surface area (Å²) in [6.45, 7) is -0.636. The van der Waals surface area contributed by atoms with Crippen LogP contribution in [0.15, 0.2) is 78.9 Å². The van der Waals surface area contributed by atoms with Gasteiger partial charge in [0.15, 0.2) is 0 Å². The van der Waals surface area contributed by atoms with Crippen LogP contribution in [0.4, 0.5) is 0 Å².